The Morgan fingerprint density at radius 1 is 0.955 bits per heavy atom. The molecular weight excluding hydrogens is 292 g/mol. The second-order valence-corrected chi connectivity index (χ2v) is 5.81. The van der Waals surface area contributed by atoms with E-state index in [2.05, 4.69) is 5.01 Å². The van der Waals surface area contributed by atoms with Crippen molar-refractivity contribution in [2.24, 2.45) is 0 Å². The fourth-order valence-electron chi connectivity index (χ4n) is 3.05. The minimum atomic E-state index is -2.07. The van der Waals surface area contributed by atoms with Crippen molar-refractivity contribution in [3.8, 4) is 0 Å². The molecule has 2 aliphatic heterocycles. The van der Waals surface area contributed by atoms with Crippen LogP contribution in [0.15, 0.2) is 0 Å². The van der Waals surface area contributed by atoms with Crippen LogP contribution in [0.3, 0.4) is 0 Å². The number of hydrazine groups is 1. The average molecular weight is 316 g/mol. The average Bonchev–Trinajstić information content (AvgIpc) is 2.52. The summed E-state index contributed by atoms with van der Waals surface area (Å²) in [6.07, 6.45) is 1.56. The topological polar surface area (TPSA) is 111 Å². The third-order valence-corrected chi connectivity index (χ3v) is 4.20. The van der Waals surface area contributed by atoms with Crippen molar-refractivity contribution in [2.75, 3.05) is 19.6 Å². The number of carboxylic acids is 2. The van der Waals surface area contributed by atoms with Crippen LogP contribution in [0.2, 0.25) is 0 Å². The zero-order valence-electron chi connectivity index (χ0n) is 12.6. The Balaban J connectivity index is 2.05. The van der Waals surface area contributed by atoms with Crippen molar-refractivity contribution in [3.05, 3.63) is 0 Å². The first-order chi connectivity index (χ1) is 10.5. The molecule has 8 heteroatoms. The van der Waals surface area contributed by atoms with Gasteiger partial charge in [0.2, 0.25) is 0 Å². The number of ether oxygens (including phenoxy) is 1. The van der Waals surface area contributed by atoms with Gasteiger partial charge in [-0.1, -0.05) is 6.42 Å². The van der Waals surface area contributed by atoms with Crippen molar-refractivity contribution >= 4 is 11.9 Å². The number of carbonyl (C=O) groups is 2. The van der Waals surface area contributed by atoms with E-state index in [-0.39, 0.29) is 0 Å². The van der Waals surface area contributed by atoms with E-state index in [0.717, 1.165) is 45.3 Å². The monoisotopic (exact) mass is 316 g/mol. The van der Waals surface area contributed by atoms with Crippen molar-refractivity contribution in [1.82, 2.24) is 10.0 Å². The number of carboxylic acid groups (broad SMARTS) is 2. The van der Waals surface area contributed by atoms with Crippen LogP contribution in [0.25, 0.3) is 0 Å². The van der Waals surface area contributed by atoms with Crippen LogP contribution in [-0.2, 0) is 14.3 Å². The fourth-order valence-corrected chi connectivity index (χ4v) is 3.05. The Kier molecular flexibility index (Phi) is 6.13. The summed E-state index contributed by atoms with van der Waals surface area (Å²) in [4.78, 5) is 22.1. The summed E-state index contributed by atoms with van der Waals surface area (Å²) < 4.78 is 5.50. The number of aliphatic carboxylic acids is 2. The first-order valence-electron chi connectivity index (χ1n) is 7.81. The number of nitrogens with zero attached hydrogens (tertiary/aromatic N) is 2. The van der Waals surface area contributed by atoms with E-state index in [9.17, 15) is 14.7 Å². The van der Waals surface area contributed by atoms with Gasteiger partial charge in [0.15, 0.2) is 12.2 Å². The van der Waals surface area contributed by atoms with Gasteiger partial charge in [-0.15, -0.1) is 0 Å². The summed E-state index contributed by atoms with van der Waals surface area (Å²) >= 11 is 0. The maximum absolute atomic E-state index is 11.2. The second kappa shape index (κ2) is 7.87. The zero-order chi connectivity index (χ0) is 16.1. The molecule has 2 aliphatic rings. The van der Waals surface area contributed by atoms with E-state index in [1.165, 1.54) is 6.42 Å². The third kappa shape index (κ3) is 4.16. The summed E-state index contributed by atoms with van der Waals surface area (Å²) in [7, 11) is 0. The van der Waals surface area contributed by atoms with Gasteiger partial charge in [-0.3, -0.25) is 0 Å². The van der Waals surface area contributed by atoms with Gasteiger partial charge in [-0.2, -0.15) is 0 Å². The van der Waals surface area contributed by atoms with Crippen LogP contribution in [0, 0.1) is 0 Å². The summed E-state index contributed by atoms with van der Waals surface area (Å²) in [5.41, 5.74) is 0. The van der Waals surface area contributed by atoms with E-state index in [1.54, 1.807) is 0 Å². The Labute approximate surface area is 129 Å². The first kappa shape index (κ1) is 17.1. The number of hydrogen-bond donors (Lipinski definition) is 3. The van der Waals surface area contributed by atoms with Gasteiger partial charge >= 0.3 is 11.9 Å². The largest absolute Gasteiger partial charge is 0.479 e. The standard InChI is InChI=1S/C14H24N2O6/c17-11(13(18)19)12(14(20)21)22-10-6-2-5-9-16(10)15-7-3-1-4-8-15/h10-12,17H,1-9H2,(H,18,19)(H,20,21). The van der Waals surface area contributed by atoms with E-state index in [1.807, 2.05) is 5.01 Å². The third-order valence-electron chi connectivity index (χ3n) is 4.20. The molecular formula is C14H24N2O6. The quantitative estimate of drug-likeness (QED) is 0.633. The molecule has 0 saturated carbocycles. The molecule has 0 amide bonds. The summed E-state index contributed by atoms with van der Waals surface area (Å²) in [5, 5.41) is 31.7. The number of piperidine rings is 2. The Morgan fingerprint density at radius 3 is 2.18 bits per heavy atom. The van der Waals surface area contributed by atoms with E-state index >= 15 is 0 Å². The van der Waals surface area contributed by atoms with Crippen LogP contribution in [-0.4, -0.2) is 75.3 Å². The van der Waals surface area contributed by atoms with Crippen LogP contribution in [0.5, 0.6) is 0 Å². The van der Waals surface area contributed by atoms with Gasteiger partial charge in [0.1, 0.15) is 6.23 Å². The number of rotatable bonds is 6. The van der Waals surface area contributed by atoms with Crippen LogP contribution >= 0.6 is 0 Å². The smallest absolute Gasteiger partial charge is 0.336 e. The molecule has 0 spiro atoms. The van der Waals surface area contributed by atoms with Gasteiger partial charge in [-0.05, 0) is 32.1 Å². The van der Waals surface area contributed by atoms with Gasteiger partial charge in [-0.25, -0.2) is 19.6 Å². The number of hydrogen-bond acceptors (Lipinski definition) is 6. The fraction of sp³-hybridized carbons (Fsp3) is 0.857. The molecule has 0 aromatic rings. The Morgan fingerprint density at radius 2 is 1.59 bits per heavy atom. The number of aliphatic hydroxyl groups excluding tert-OH is 1. The minimum Gasteiger partial charge on any atom is -0.479 e. The van der Waals surface area contributed by atoms with E-state index < -0.39 is 30.4 Å². The molecule has 22 heavy (non-hydrogen) atoms. The lowest BCUT2D eigenvalue weighted by molar-refractivity contribution is -0.225. The lowest BCUT2D eigenvalue weighted by Crippen LogP contribution is -2.56. The molecule has 0 radical (unpaired) electrons. The first-order valence-corrected chi connectivity index (χ1v) is 7.81. The van der Waals surface area contributed by atoms with Gasteiger partial charge in [0, 0.05) is 19.6 Å². The van der Waals surface area contributed by atoms with Crippen LogP contribution < -0.4 is 0 Å². The summed E-state index contributed by atoms with van der Waals surface area (Å²) in [5.74, 6) is -3.05. The molecule has 2 rings (SSSR count). The lowest BCUT2D eigenvalue weighted by Gasteiger charge is -2.45. The molecule has 0 aromatic carbocycles. The zero-order valence-corrected chi connectivity index (χ0v) is 12.6. The molecule has 8 nitrogen and oxygen atoms in total. The molecule has 2 saturated heterocycles. The summed E-state index contributed by atoms with van der Waals surface area (Å²) in [6.45, 7) is 2.57. The molecule has 0 aliphatic carbocycles. The molecule has 3 unspecified atom stereocenters. The summed E-state index contributed by atoms with van der Waals surface area (Å²) in [6, 6.07) is 0. The maximum Gasteiger partial charge on any atom is 0.336 e. The molecule has 3 atom stereocenters. The number of aliphatic hydroxyl groups is 1. The Hall–Kier alpha value is -1.22. The van der Waals surface area contributed by atoms with Crippen molar-refractivity contribution < 1.29 is 29.6 Å². The molecule has 0 aromatic heterocycles. The molecule has 126 valence electrons. The SMILES string of the molecule is O=C(O)C(O)C(OC1CCCCN1N1CCCCC1)C(=O)O. The van der Waals surface area contributed by atoms with Crippen molar-refractivity contribution in [2.45, 2.75) is 57.0 Å². The molecule has 3 N–H and O–H groups in total. The highest BCUT2D eigenvalue weighted by atomic mass is 16.6. The second-order valence-electron chi connectivity index (χ2n) is 5.81. The van der Waals surface area contributed by atoms with E-state index in [4.69, 9.17) is 14.9 Å². The molecule has 0 bridgehead atoms. The Bertz CT molecular complexity index is 399. The molecule has 2 heterocycles. The van der Waals surface area contributed by atoms with Gasteiger partial charge < -0.3 is 20.1 Å². The van der Waals surface area contributed by atoms with Crippen LogP contribution in [0.4, 0.5) is 0 Å². The lowest BCUT2D eigenvalue weighted by atomic mass is 10.1. The maximum atomic E-state index is 11.2. The highest BCUT2D eigenvalue weighted by molar-refractivity contribution is 5.83. The van der Waals surface area contributed by atoms with Crippen LogP contribution in [0.1, 0.15) is 38.5 Å². The predicted octanol–water partition coefficient (Wildman–Crippen LogP) is 0.115. The van der Waals surface area contributed by atoms with Crippen molar-refractivity contribution in [1.29, 1.82) is 0 Å². The highest BCUT2D eigenvalue weighted by Crippen LogP contribution is 2.24. The van der Waals surface area contributed by atoms with E-state index in [0.29, 0.717) is 6.42 Å². The molecule has 2 fully saturated rings. The normalized spacial score (nSPS) is 27.2. The van der Waals surface area contributed by atoms with Gasteiger partial charge in [0.25, 0.3) is 0 Å². The highest BCUT2D eigenvalue weighted by Gasteiger charge is 2.38. The van der Waals surface area contributed by atoms with Gasteiger partial charge in [0.05, 0.1) is 0 Å². The minimum absolute atomic E-state index is 0.498. The van der Waals surface area contributed by atoms with Crippen molar-refractivity contribution in [3.63, 3.8) is 0 Å². The predicted molar refractivity (Wildman–Crippen MR) is 75.9 cm³/mol.